The highest BCUT2D eigenvalue weighted by Gasteiger charge is 2.20. The fraction of sp³-hybridized carbons (Fsp3) is 0.167. The number of halogens is 2. The summed E-state index contributed by atoms with van der Waals surface area (Å²) in [7, 11) is 0. The van der Waals surface area contributed by atoms with Crippen molar-refractivity contribution >= 4 is 52.4 Å². The van der Waals surface area contributed by atoms with E-state index in [0.717, 1.165) is 0 Å². The van der Waals surface area contributed by atoms with Crippen molar-refractivity contribution in [2.24, 2.45) is 0 Å². The van der Waals surface area contributed by atoms with E-state index < -0.39 is 35.4 Å². The van der Waals surface area contributed by atoms with Crippen LogP contribution in [0.3, 0.4) is 0 Å². The number of benzene rings is 2. The Kier molecular flexibility index (Phi) is 7.52. The topological polar surface area (TPSA) is 128 Å². The molecule has 1 unspecified atom stereocenters. The van der Waals surface area contributed by atoms with Gasteiger partial charge in [0.1, 0.15) is 6.54 Å². The number of amides is 2. The summed E-state index contributed by atoms with van der Waals surface area (Å²) >= 11 is 11.7. The molecule has 2 aromatic carbocycles. The molecule has 2 amide bonds. The summed E-state index contributed by atoms with van der Waals surface area (Å²) in [6.07, 6.45) is -1.20. The molecule has 0 radical (unpaired) electrons. The van der Waals surface area contributed by atoms with Crippen molar-refractivity contribution in [2.45, 2.75) is 13.0 Å². The molecule has 2 aromatic rings. The van der Waals surface area contributed by atoms with E-state index in [9.17, 15) is 24.5 Å². The molecule has 0 bridgehead atoms. The van der Waals surface area contributed by atoms with Crippen LogP contribution in [0.4, 0.5) is 11.4 Å². The van der Waals surface area contributed by atoms with Gasteiger partial charge in [0.2, 0.25) is 0 Å². The molecular weight excluding hydrogens is 425 g/mol. The van der Waals surface area contributed by atoms with Crippen molar-refractivity contribution in [1.29, 1.82) is 0 Å². The Morgan fingerprint density at radius 2 is 1.90 bits per heavy atom. The molecule has 0 spiro atoms. The Hall–Kier alpha value is -3.17. The highest BCUT2D eigenvalue weighted by molar-refractivity contribution is 6.36. The number of carbonyl (C=O) groups is 3. The summed E-state index contributed by atoms with van der Waals surface area (Å²) in [5.74, 6) is -2.16. The maximum absolute atomic E-state index is 12.1. The molecule has 0 heterocycles. The average molecular weight is 440 g/mol. The van der Waals surface area contributed by atoms with Gasteiger partial charge in [0, 0.05) is 22.8 Å². The van der Waals surface area contributed by atoms with Crippen LogP contribution in [-0.2, 0) is 14.3 Å². The lowest BCUT2D eigenvalue weighted by molar-refractivity contribution is -0.384. The molecule has 1 atom stereocenters. The van der Waals surface area contributed by atoms with Gasteiger partial charge in [0.15, 0.2) is 6.10 Å². The molecule has 0 fully saturated rings. The maximum atomic E-state index is 12.1. The highest BCUT2D eigenvalue weighted by Crippen LogP contribution is 2.21. The Balaban J connectivity index is 1.86. The fourth-order valence-electron chi connectivity index (χ4n) is 2.15. The van der Waals surface area contributed by atoms with Crippen LogP contribution in [0.25, 0.3) is 0 Å². The number of hydrogen-bond acceptors (Lipinski definition) is 6. The van der Waals surface area contributed by atoms with Gasteiger partial charge in [-0.3, -0.25) is 24.5 Å². The van der Waals surface area contributed by atoms with Gasteiger partial charge in [-0.25, -0.2) is 0 Å². The first-order valence-electron chi connectivity index (χ1n) is 8.15. The molecule has 0 aliphatic rings. The summed E-state index contributed by atoms with van der Waals surface area (Å²) in [6, 6.07) is 9.56. The smallest absolute Gasteiger partial charge is 0.326 e. The monoisotopic (exact) mass is 439 g/mol. The van der Waals surface area contributed by atoms with Gasteiger partial charge >= 0.3 is 5.97 Å². The number of esters is 1. The zero-order chi connectivity index (χ0) is 21.6. The molecule has 29 heavy (non-hydrogen) atoms. The van der Waals surface area contributed by atoms with Gasteiger partial charge in [0.25, 0.3) is 17.5 Å². The second-order valence-electron chi connectivity index (χ2n) is 5.74. The number of non-ortho nitro benzene ring substituents is 1. The van der Waals surface area contributed by atoms with Crippen molar-refractivity contribution in [3.05, 3.63) is 68.2 Å². The first-order valence-corrected chi connectivity index (χ1v) is 8.91. The van der Waals surface area contributed by atoms with E-state index in [0.29, 0.717) is 5.02 Å². The average Bonchev–Trinajstić information content (AvgIpc) is 2.66. The lowest BCUT2D eigenvalue weighted by atomic mass is 10.2. The fourth-order valence-corrected chi connectivity index (χ4v) is 2.65. The van der Waals surface area contributed by atoms with Crippen molar-refractivity contribution in [3.63, 3.8) is 0 Å². The number of nitro groups is 1. The third-order valence-corrected chi connectivity index (χ3v) is 4.12. The first kappa shape index (κ1) is 22.1. The van der Waals surface area contributed by atoms with E-state index in [2.05, 4.69) is 10.6 Å². The number of nitro benzene ring substituents is 1. The van der Waals surface area contributed by atoms with E-state index in [1.165, 1.54) is 49.4 Å². The van der Waals surface area contributed by atoms with Crippen LogP contribution in [0.2, 0.25) is 10.0 Å². The van der Waals surface area contributed by atoms with E-state index in [-0.39, 0.29) is 22.0 Å². The number of anilines is 1. The SMILES string of the molecule is CC(OC(=O)CNC(=O)c1ccc(Cl)cc1Cl)C(=O)Nc1cccc([N+](=O)[O-])c1. The zero-order valence-corrected chi connectivity index (χ0v) is 16.5. The van der Waals surface area contributed by atoms with E-state index in [1.807, 2.05) is 0 Å². The van der Waals surface area contributed by atoms with Crippen LogP contribution in [0, 0.1) is 10.1 Å². The Labute approximate surface area is 175 Å². The summed E-state index contributed by atoms with van der Waals surface area (Å²) in [5.41, 5.74) is 0.106. The maximum Gasteiger partial charge on any atom is 0.326 e. The van der Waals surface area contributed by atoms with Crippen LogP contribution in [0.15, 0.2) is 42.5 Å². The number of nitrogens with one attached hydrogen (secondary N) is 2. The standard InChI is InChI=1S/C18H15Cl2N3O6/c1-10(17(25)22-12-3-2-4-13(8-12)23(27)28)29-16(24)9-21-18(26)14-6-5-11(19)7-15(14)20/h2-8,10H,9H2,1H3,(H,21,26)(H,22,25). The highest BCUT2D eigenvalue weighted by atomic mass is 35.5. The molecule has 9 nitrogen and oxygen atoms in total. The Bertz CT molecular complexity index is 966. The Morgan fingerprint density at radius 3 is 2.55 bits per heavy atom. The molecule has 0 aliphatic heterocycles. The molecule has 0 aromatic heterocycles. The van der Waals surface area contributed by atoms with Crippen molar-refractivity contribution in [1.82, 2.24) is 5.32 Å². The summed E-state index contributed by atoms with van der Waals surface area (Å²) in [6.45, 7) is 0.828. The molecule has 2 N–H and O–H groups in total. The second kappa shape index (κ2) is 9.85. The lowest BCUT2D eigenvalue weighted by Gasteiger charge is -2.14. The predicted octanol–water partition coefficient (Wildman–Crippen LogP) is 3.20. The van der Waals surface area contributed by atoms with Crippen LogP contribution in [-0.4, -0.2) is 35.4 Å². The Morgan fingerprint density at radius 1 is 1.17 bits per heavy atom. The van der Waals surface area contributed by atoms with Crippen molar-refractivity contribution < 1.29 is 24.0 Å². The lowest BCUT2D eigenvalue weighted by Crippen LogP contribution is -2.35. The number of rotatable bonds is 7. The van der Waals surface area contributed by atoms with Gasteiger partial charge in [-0.05, 0) is 31.2 Å². The first-order chi connectivity index (χ1) is 13.7. The third kappa shape index (κ3) is 6.44. The van der Waals surface area contributed by atoms with Crippen molar-refractivity contribution in [2.75, 3.05) is 11.9 Å². The number of carbonyl (C=O) groups excluding carboxylic acids is 3. The minimum Gasteiger partial charge on any atom is -0.451 e. The zero-order valence-electron chi connectivity index (χ0n) is 15.0. The molecular formula is C18H15Cl2N3O6. The molecule has 2 rings (SSSR count). The molecule has 0 saturated carbocycles. The summed E-state index contributed by atoms with van der Waals surface area (Å²) in [4.78, 5) is 46.2. The van der Waals surface area contributed by atoms with Gasteiger partial charge < -0.3 is 15.4 Å². The number of ether oxygens (including phenoxy) is 1. The van der Waals surface area contributed by atoms with Gasteiger partial charge in [-0.2, -0.15) is 0 Å². The molecule has 0 saturated heterocycles. The molecule has 11 heteroatoms. The second-order valence-corrected chi connectivity index (χ2v) is 6.58. The molecule has 152 valence electrons. The molecule has 0 aliphatic carbocycles. The number of hydrogen-bond donors (Lipinski definition) is 2. The van der Waals surface area contributed by atoms with Gasteiger partial charge in [-0.1, -0.05) is 29.3 Å². The third-order valence-electron chi connectivity index (χ3n) is 3.57. The summed E-state index contributed by atoms with van der Waals surface area (Å²) in [5, 5.41) is 16.0. The number of nitrogens with zero attached hydrogens (tertiary/aromatic N) is 1. The minimum atomic E-state index is -1.20. The normalized spacial score (nSPS) is 11.3. The van der Waals surface area contributed by atoms with Gasteiger partial charge in [0.05, 0.1) is 15.5 Å². The van der Waals surface area contributed by atoms with Crippen LogP contribution >= 0.6 is 23.2 Å². The van der Waals surface area contributed by atoms with E-state index >= 15 is 0 Å². The van der Waals surface area contributed by atoms with Crippen molar-refractivity contribution in [3.8, 4) is 0 Å². The van der Waals surface area contributed by atoms with E-state index in [1.54, 1.807) is 0 Å². The summed E-state index contributed by atoms with van der Waals surface area (Å²) < 4.78 is 4.94. The largest absolute Gasteiger partial charge is 0.451 e. The van der Waals surface area contributed by atoms with Crippen LogP contribution in [0.1, 0.15) is 17.3 Å². The van der Waals surface area contributed by atoms with Crippen LogP contribution < -0.4 is 10.6 Å². The minimum absolute atomic E-state index is 0.119. The predicted molar refractivity (Wildman–Crippen MR) is 106 cm³/mol. The van der Waals surface area contributed by atoms with E-state index in [4.69, 9.17) is 27.9 Å². The van der Waals surface area contributed by atoms with Gasteiger partial charge in [-0.15, -0.1) is 0 Å². The quantitative estimate of drug-likeness (QED) is 0.387. The van der Waals surface area contributed by atoms with Crippen LogP contribution in [0.5, 0.6) is 0 Å².